The molecule has 0 aliphatic carbocycles. The van der Waals surface area contributed by atoms with E-state index in [0.29, 0.717) is 11.1 Å². The van der Waals surface area contributed by atoms with Gasteiger partial charge in [-0.15, -0.1) is 0 Å². The second-order valence-electron chi connectivity index (χ2n) is 3.05. The number of carbonyl (C=O) groups excluding carboxylic acids is 1. The molecule has 1 aromatic carbocycles. The predicted octanol–water partition coefficient (Wildman–Crippen LogP) is 2.92. The summed E-state index contributed by atoms with van der Waals surface area (Å²) in [4.78, 5) is 16.0. The molecule has 0 saturated heterocycles. The molecule has 0 atom stereocenters. The monoisotopic (exact) mass is 309 g/mol. The quantitative estimate of drug-likeness (QED) is 0.631. The smallest absolute Gasteiger partial charge is 0.195 e. The number of rotatable bonds is 2. The van der Waals surface area contributed by atoms with E-state index in [2.05, 4.69) is 27.6 Å². The fourth-order valence-electron chi connectivity index (χ4n) is 1.29. The van der Waals surface area contributed by atoms with Gasteiger partial charge in [-0.3, -0.25) is 9.78 Å². The predicted molar refractivity (Wildman–Crippen MR) is 66.8 cm³/mol. The van der Waals surface area contributed by atoms with Gasteiger partial charge in [0.05, 0.1) is 5.56 Å². The summed E-state index contributed by atoms with van der Waals surface area (Å²) in [6.07, 6.45) is 3.29. The van der Waals surface area contributed by atoms with Crippen LogP contribution in [-0.2, 0) is 0 Å². The number of hydrogen-bond acceptors (Lipinski definition) is 2. The Labute approximate surface area is 101 Å². The molecule has 2 nitrogen and oxygen atoms in total. The van der Waals surface area contributed by atoms with E-state index < -0.39 is 0 Å². The highest BCUT2D eigenvalue weighted by atomic mass is 127. The molecule has 1 heterocycles. The van der Waals surface area contributed by atoms with E-state index in [9.17, 15) is 4.79 Å². The fourth-order valence-corrected chi connectivity index (χ4v) is 1.83. The summed E-state index contributed by atoms with van der Waals surface area (Å²) in [5.74, 6) is 0.0214. The molecule has 74 valence electrons. The Morgan fingerprint density at radius 1 is 1.13 bits per heavy atom. The van der Waals surface area contributed by atoms with Crippen LogP contribution in [0.5, 0.6) is 0 Å². The summed E-state index contributed by atoms with van der Waals surface area (Å²) < 4.78 is 0.927. The van der Waals surface area contributed by atoms with Gasteiger partial charge in [-0.2, -0.15) is 0 Å². The van der Waals surface area contributed by atoms with Gasteiger partial charge in [0.25, 0.3) is 0 Å². The van der Waals surface area contributed by atoms with Crippen molar-refractivity contribution >= 4 is 28.4 Å². The fraction of sp³-hybridized carbons (Fsp3) is 0. The zero-order chi connectivity index (χ0) is 10.7. The molecular formula is C12H8INO. The van der Waals surface area contributed by atoms with Crippen molar-refractivity contribution < 1.29 is 4.79 Å². The van der Waals surface area contributed by atoms with Gasteiger partial charge in [0, 0.05) is 21.5 Å². The third kappa shape index (κ3) is 2.23. The van der Waals surface area contributed by atoms with Crippen LogP contribution in [0.25, 0.3) is 0 Å². The van der Waals surface area contributed by atoms with Crippen molar-refractivity contribution in [2.24, 2.45) is 0 Å². The highest BCUT2D eigenvalue weighted by Gasteiger charge is 2.11. The standard InChI is InChI=1S/C12H8INO/c13-11-6-7-14-8-10(11)12(15)9-4-2-1-3-5-9/h1-8H. The normalized spacial score (nSPS) is 9.93. The van der Waals surface area contributed by atoms with Crippen LogP contribution in [0.4, 0.5) is 0 Å². The van der Waals surface area contributed by atoms with Gasteiger partial charge < -0.3 is 0 Å². The molecule has 0 unspecified atom stereocenters. The third-order valence-corrected chi connectivity index (χ3v) is 2.99. The molecule has 0 bridgehead atoms. The number of halogens is 1. The molecule has 0 spiro atoms. The average molecular weight is 309 g/mol. The topological polar surface area (TPSA) is 30.0 Å². The number of carbonyl (C=O) groups is 1. The lowest BCUT2D eigenvalue weighted by molar-refractivity contribution is 0.103. The Hall–Kier alpha value is -1.23. The maximum Gasteiger partial charge on any atom is 0.195 e. The van der Waals surface area contributed by atoms with E-state index in [0.717, 1.165) is 3.57 Å². The summed E-state index contributed by atoms with van der Waals surface area (Å²) in [7, 11) is 0. The van der Waals surface area contributed by atoms with Gasteiger partial charge in [-0.05, 0) is 28.7 Å². The SMILES string of the molecule is O=C(c1ccccc1)c1cnccc1I. The Bertz CT molecular complexity index is 482. The Morgan fingerprint density at radius 2 is 1.87 bits per heavy atom. The van der Waals surface area contributed by atoms with Crippen LogP contribution in [0.3, 0.4) is 0 Å². The molecule has 2 rings (SSSR count). The molecule has 2 aromatic rings. The van der Waals surface area contributed by atoms with Crippen LogP contribution in [0.2, 0.25) is 0 Å². The molecule has 0 N–H and O–H groups in total. The van der Waals surface area contributed by atoms with Gasteiger partial charge in [0.15, 0.2) is 5.78 Å². The molecule has 1 aromatic heterocycles. The maximum atomic E-state index is 12.0. The van der Waals surface area contributed by atoms with Crippen molar-refractivity contribution in [1.82, 2.24) is 4.98 Å². The lowest BCUT2D eigenvalue weighted by Gasteiger charge is -2.02. The summed E-state index contributed by atoms with van der Waals surface area (Å²) >= 11 is 2.14. The molecule has 0 saturated carbocycles. The zero-order valence-electron chi connectivity index (χ0n) is 7.85. The Kier molecular flexibility index (Phi) is 3.11. The first-order chi connectivity index (χ1) is 7.29. The molecule has 0 amide bonds. The Balaban J connectivity index is 2.42. The largest absolute Gasteiger partial charge is 0.289 e. The summed E-state index contributed by atoms with van der Waals surface area (Å²) in [6, 6.07) is 11.1. The minimum Gasteiger partial charge on any atom is -0.289 e. The van der Waals surface area contributed by atoms with E-state index >= 15 is 0 Å². The van der Waals surface area contributed by atoms with Gasteiger partial charge in [-0.1, -0.05) is 30.3 Å². The molecule has 0 fully saturated rings. The summed E-state index contributed by atoms with van der Waals surface area (Å²) in [6.45, 7) is 0. The molecule has 0 radical (unpaired) electrons. The van der Waals surface area contributed by atoms with E-state index in [1.165, 1.54) is 0 Å². The molecule has 15 heavy (non-hydrogen) atoms. The summed E-state index contributed by atoms with van der Waals surface area (Å²) in [5.41, 5.74) is 1.35. The van der Waals surface area contributed by atoms with Gasteiger partial charge >= 0.3 is 0 Å². The van der Waals surface area contributed by atoms with Crippen molar-refractivity contribution in [3.05, 3.63) is 63.5 Å². The molecular weight excluding hydrogens is 301 g/mol. The zero-order valence-corrected chi connectivity index (χ0v) is 10.0. The average Bonchev–Trinajstić information content (AvgIpc) is 2.30. The number of hydrogen-bond donors (Lipinski definition) is 0. The van der Waals surface area contributed by atoms with Crippen molar-refractivity contribution in [3.8, 4) is 0 Å². The first kappa shape index (κ1) is 10.3. The van der Waals surface area contributed by atoms with E-state index in [4.69, 9.17) is 0 Å². The van der Waals surface area contributed by atoms with Crippen LogP contribution in [0, 0.1) is 3.57 Å². The van der Waals surface area contributed by atoms with Crippen LogP contribution < -0.4 is 0 Å². The second kappa shape index (κ2) is 4.53. The van der Waals surface area contributed by atoms with Gasteiger partial charge in [0.2, 0.25) is 0 Å². The number of nitrogens with zero attached hydrogens (tertiary/aromatic N) is 1. The van der Waals surface area contributed by atoms with Gasteiger partial charge in [0.1, 0.15) is 0 Å². The highest BCUT2D eigenvalue weighted by molar-refractivity contribution is 14.1. The minimum atomic E-state index is 0.0214. The highest BCUT2D eigenvalue weighted by Crippen LogP contribution is 2.14. The number of ketones is 1. The molecule has 0 aliphatic heterocycles. The first-order valence-corrected chi connectivity index (χ1v) is 5.56. The van der Waals surface area contributed by atoms with Crippen LogP contribution in [0.1, 0.15) is 15.9 Å². The van der Waals surface area contributed by atoms with Crippen LogP contribution in [-0.4, -0.2) is 10.8 Å². The molecule has 3 heteroatoms. The Morgan fingerprint density at radius 3 is 2.53 bits per heavy atom. The van der Waals surface area contributed by atoms with Gasteiger partial charge in [-0.25, -0.2) is 0 Å². The van der Waals surface area contributed by atoms with E-state index in [-0.39, 0.29) is 5.78 Å². The van der Waals surface area contributed by atoms with Crippen molar-refractivity contribution in [1.29, 1.82) is 0 Å². The number of pyridine rings is 1. The van der Waals surface area contributed by atoms with E-state index in [1.807, 2.05) is 36.4 Å². The third-order valence-electron chi connectivity index (χ3n) is 2.05. The number of aromatic nitrogens is 1. The number of benzene rings is 1. The van der Waals surface area contributed by atoms with Crippen molar-refractivity contribution in [2.75, 3.05) is 0 Å². The second-order valence-corrected chi connectivity index (χ2v) is 4.21. The summed E-state index contributed by atoms with van der Waals surface area (Å²) in [5, 5.41) is 0. The van der Waals surface area contributed by atoms with Crippen molar-refractivity contribution in [3.63, 3.8) is 0 Å². The van der Waals surface area contributed by atoms with Crippen molar-refractivity contribution in [2.45, 2.75) is 0 Å². The first-order valence-electron chi connectivity index (χ1n) is 4.48. The maximum absolute atomic E-state index is 12.0. The minimum absolute atomic E-state index is 0.0214. The molecule has 0 aliphatic rings. The van der Waals surface area contributed by atoms with E-state index in [1.54, 1.807) is 12.4 Å². The van der Waals surface area contributed by atoms with Crippen LogP contribution >= 0.6 is 22.6 Å². The lowest BCUT2D eigenvalue weighted by atomic mass is 10.1. The lowest BCUT2D eigenvalue weighted by Crippen LogP contribution is -2.03. The van der Waals surface area contributed by atoms with Crippen LogP contribution in [0.15, 0.2) is 48.8 Å².